The van der Waals surface area contributed by atoms with Crippen molar-refractivity contribution in [3.63, 3.8) is 0 Å². The Bertz CT molecular complexity index is 698. The smallest absolute Gasteiger partial charge is 0.296 e. The molecule has 20 heavy (non-hydrogen) atoms. The minimum absolute atomic E-state index is 0.252. The van der Waals surface area contributed by atoms with Crippen LogP contribution in [0.1, 0.15) is 24.7 Å². The maximum absolute atomic E-state index is 12.9. The van der Waals surface area contributed by atoms with Crippen LogP contribution >= 0.6 is 10.7 Å². The van der Waals surface area contributed by atoms with Gasteiger partial charge in [-0.3, -0.25) is 0 Å². The summed E-state index contributed by atoms with van der Waals surface area (Å²) in [6, 6.07) is 5.93. The van der Waals surface area contributed by atoms with Crippen molar-refractivity contribution in [3.8, 4) is 0 Å². The van der Waals surface area contributed by atoms with Gasteiger partial charge >= 0.3 is 0 Å². The van der Waals surface area contributed by atoms with Gasteiger partial charge in [-0.25, -0.2) is 12.8 Å². The summed E-state index contributed by atoms with van der Waals surface area (Å²) >= 11 is 0. The predicted molar refractivity (Wildman–Crippen MR) is 72.6 cm³/mol. The average Bonchev–Trinajstić information content (AvgIpc) is 2.76. The van der Waals surface area contributed by atoms with E-state index in [1.165, 1.54) is 16.7 Å². The van der Waals surface area contributed by atoms with E-state index in [-0.39, 0.29) is 11.0 Å². The summed E-state index contributed by atoms with van der Waals surface area (Å²) in [4.78, 5) is 0. The highest BCUT2D eigenvalue weighted by molar-refractivity contribution is 8.13. The molecule has 0 unspecified atom stereocenters. The van der Waals surface area contributed by atoms with E-state index in [0.29, 0.717) is 25.2 Å². The number of benzene rings is 1. The molecule has 0 N–H and O–H groups in total. The molecule has 8 heteroatoms. The van der Waals surface area contributed by atoms with Gasteiger partial charge in [0, 0.05) is 23.6 Å². The largest absolute Gasteiger partial charge is 0.301 e. The van der Waals surface area contributed by atoms with Crippen molar-refractivity contribution in [2.75, 3.05) is 0 Å². The molecule has 0 fully saturated rings. The summed E-state index contributed by atoms with van der Waals surface area (Å²) in [5.41, 5.74) is 0.815. The van der Waals surface area contributed by atoms with Crippen molar-refractivity contribution in [2.45, 2.75) is 31.5 Å². The second-order valence-electron chi connectivity index (χ2n) is 4.29. The Kier molecular flexibility index (Phi) is 4.39. The third kappa shape index (κ3) is 3.34. The maximum Gasteiger partial charge on any atom is 0.296 e. The quantitative estimate of drug-likeness (QED) is 0.794. The third-order valence-corrected chi connectivity index (χ3v) is 3.89. The number of hydrogen-bond donors (Lipinski definition) is 0. The summed E-state index contributed by atoms with van der Waals surface area (Å²) in [6.45, 7) is 2.36. The van der Waals surface area contributed by atoms with E-state index in [2.05, 4.69) is 10.2 Å². The van der Waals surface area contributed by atoms with Gasteiger partial charge in [-0.15, -0.1) is 10.2 Å². The molecular formula is C12H13ClFN3O2S. The molecule has 1 heterocycles. The van der Waals surface area contributed by atoms with E-state index in [4.69, 9.17) is 10.7 Å². The van der Waals surface area contributed by atoms with Gasteiger partial charge in [0.25, 0.3) is 14.2 Å². The molecular weight excluding hydrogens is 305 g/mol. The van der Waals surface area contributed by atoms with Gasteiger partial charge in [-0.2, -0.15) is 0 Å². The Morgan fingerprint density at radius 1 is 1.25 bits per heavy atom. The van der Waals surface area contributed by atoms with Gasteiger partial charge in [0.1, 0.15) is 11.6 Å². The Morgan fingerprint density at radius 3 is 2.45 bits per heavy atom. The van der Waals surface area contributed by atoms with E-state index >= 15 is 0 Å². The highest BCUT2D eigenvalue weighted by atomic mass is 35.7. The minimum atomic E-state index is -3.93. The third-order valence-electron chi connectivity index (χ3n) is 2.73. The second kappa shape index (κ2) is 5.88. The number of halogens is 2. The summed E-state index contributed by atoms with van der Waals surface area (Å²) in [5.74, 6) is 0.158. The highest BCUT2D eigenvalue weighted by Gasteiger charge is 2.22. The van der Waals surface area contributed by atoms with Crippen molar-refractivity contribution in [1.82, 2.24) is 14.8 Å². The topological polar surface area (TPSA) is 64.8 Å². The normalized spacial score (nSPS) is 11.8. The van der Waals surface area contributed by atoms with Gasteiger partial charge in [-0.1, -0.05) is 19.1 Å². The first-order chi connectivity index (χ1) is 9.41. The standard InChI is InChI=1S/C12H13ClFN3O2S/c1-2-7-17-11(15-16-12(17)20(13,18)19)8-9-3-5-10(14)6-4-9/h3-6H,2,7-8H2,1H3. The molecule has 0 atom stereocenters. The molecule has 108 valence electrons. The van der Waals surface area contributed by atoms with Crippen LogP contribution in [0.15, 0.2) is 29.4 Å². The highest BCUT2D eigenvalue weighted by Crippen LogP contribution is 2.17. The zero-order valence-corrected chi connectivity index (χ0v) is 12.3. The molecule has 0 aliphatic carbocycles. The van der Waals surface area contributed by atoms with Gasteiger partial charge < -0.3 is 4.57 Å². The lowest BCUT2D eigenvalue weighted by Crippen LogP contribution is -2.10. The first kappa shape index (κ1) is 14.9. The van der Waals surface area contributed by atoms with Gasteiger partial charge in [0.2, 0.25) is 0 Å². The van der Waals surface area contributed by atoms with Crippen molar-refractivity contribution in [3.05, 3.63) is 41.5 Å². The summed E-state index contributed by atoms with van der Waals surface area (Å²) in [7, 11) is 1.40. The second-order valence-corrected chi connectivity index (χ2v) is 6.75. The van der Waals surface area contributed by atoms with Gasteiger partial charge in [0.15, 0.2) is 0 Å². The number of nitrogens with zero attached hydrogens (tertiary/aromatic N) is 3. The molecule has 2 aromatic rings. The fourth-order valence-electron chi connectivity index (χ4n) is 1.86. The summed E-state index contributed by atoms with van der Waals surface area (Å²) in [6.07, 6.45) is 1.08. The number of rotatable bonds is 5. The van der Waals surface area contributed by atoms with Crippen LogP contribution in [-0.4, -0.2) is 23.2 Å². The first-order valence-corrected chi connectivity index (χ1v) is 8.34. The number of aromatic nitrogens is 3. The summed E-state index contributed by atoms with van der Waals surface area (Å²) < 4.78 is 37.2. The van der Waals surface area contributed by atoms with Crippen molar-refractivity contribution < 1.29 is 12.8 Å². The van der Waals surface area contributed by atoms with Crippen molar-refractivity contribution >= 4 is 19.7 Å². The average molecular weight is 318 g/mol. The minimum Gasteiger partial charge on any atom is -0.301 e. The molecule has 1 aromatic carbocycles. The lowest BCUT2D eigenvalue weighted by molar-refractivity contribution is 0.558. The van der Waals surface area contributed by atoms with E-state index < -0.39 is 9.05 Å². The molecule has 0 saturated carbocycles. The van der Waals surface area contributed by atoms with Crippen LogP contribution in [0, 0.1) is 5.82 Å². The molecule has 1 aromatic heterocycles. The summed E-state index contributed by atoms with van der Waals surface area (Å²) in [5, 5.41) is 7.26. The molecule has 0 spiro atoms. The molecule has 0 radical (unpaired) electrons. The monoisotopic (exact) mass is 317 g/mol. The first-order valence-electron chi connectivity index (χ1n) is 6.03. The Morgan fingerprint density at radius 2 is 1.90 bits per heavy atom. The SMILES string of the molecule is CCCn1c(Cc2ccc(F)cc2)nnc1S(=O)(=O)Cl. The fraction of sp³-hybridized carbons (Fsp3) is 0.333. The Labute approximate surface area is 120 Å². The van der Waals surface area contributed by atoms with Gasteiger partial charge in [-0.05, 0) is 24.1 Å². The Balaban J connectivity index is 2.37. The van der Waals surface area contributed by atoms with E-state index in [9.17, 15) is 12.8 Å². The number of hydrogen-bond acceptors (Lipinski definition) is 4. The lowest BCUT2D eigenvalue weighted by atomic mass is 10.1. The molecule has 0 amide bonds. The zero-order valence-electron chi connectivity index (χ0n) is 10.8. The van der Waals surface area contributed by atoms with Crippen molar-refractivity contribution in [2.24, 2.45) is 0 Å². The van der Waals surface area contributed by atoms with Crippen LogP contribution in [0.25, 0.3) is 0 Å². The predicted octanol–water partition coefficient (Wildman–Crippen LogP) is 2.35. The lowest BCUT2D eigenvalue weighted by Gasteiger charge is -2.07. The van der Waals surface area contributed by atoms with E-state index in [0.717, 1.165) is 5.56 Å². The van der Waals surface area contributed by atoms with Crippen LogP contribution in [0.2, 0.25) is 0 Å². The van der Waals surface area contributed by atoms with Crippen LogP contribution in [0.4, 0.5) is 4.39 Å². The van der Waals surface area contributed by atoms with Crippen molar-refractivity contribution in [1.29, 1.82) is 0 Å². The van der Waals surface area contributed by atoms with Crippen LogP contribution < -0.4 is 0 Å². The Hall–Kier alpha value is -1.47. The van der Waals surface area contributed by atoms with Crippen LogP contribution in [0.3, 0.4) is 0 Å². The zero-order chi connectivity index (χ0) is 14.8. The molecule has 0 aliphatic rings. The van der Waals surface area contributed by atoms with Gasteiger partial charge in [0.05, 0.1) is 0 Å². The van der Waals surface area contributed by atoms with Crippen LogP contribution in [0.5, 0.6) is 0 Å². The molecule has 5 nitrogen and oxygen atoms in total. The van der Waals surface area contributed by atoms with Crippen LogP contribution in [-0.2, 0) is 22.0 Å². The molecule has 0 aliphatic heterocycles. The molecule has 0 bridgehead atoms. The maximum atomic E-state index is 12.9. The fourth-order valence-corrected chi connectivity index (χ4v) is 2.80. The molecule has 2 rings (SSSR count). The molecule has 0 saturated heterocycles. The van der Waals surface area contributed by atoms with E-state index in [1.807, 2.05) is 6.92 Å². The van der Waals surface area contributed by atoms with E-state index in [1.54, 1.807) is 12.1 Å².